The molecule has 1 aromatic carbocycles. The second-order valence-corrected chi connectivity index (χ2v) is 4.91. The molecule has 0 radical (unpaired) electrons. The maximum absolute atomic E-state index is 5.65. The summed E-state index contributed by atoms with van der Waals surface area (Å²) in [6.45, 7) is 3.00. The van der Waals surface area contributed by atoms with Crippen LogP contribution in [0.15, 0.2) is 24.3 Å². The summed E-state index contributed by atoms with van der Waals surface area (Å²) in [5, 5.41) is 4.59. The van der Waals surface area contributed by atoms with E-state index in [4.69, 9.17) is 4.74 Å². The number of halogens is 1. The van der Waals surface area contributed by atoms with Gasteiger partial charge in [0, 0.05) is 17.8 Å². The standard InChI is InChI=1S/C13H18BrNO/c14-7-3-8-15-10-11-6-9-16-13-5-2-1-4-12(11)13/h1-2,4-5,11,15H,3,6-10H2. The van der Waals surface area contributed by atoms with Crippen LogP contribution in [0.5, 0.6) is 5.75 Å². The molecule has 0 bridgehead atoms. The number of fused-ring (bicyclic) bond motifs is 1. The molecular weight excluding hydrogens is 266 g/mol. The summed E-state index contributed by atoms with van der Waals surface area (Å²) in [5.74, 6) is 1.68. The molecule has 1 unspecified atom stereocenters. The van der Waals surface area contributed by atoms with Crippen LogP contribution in [0.3, 0.4) is 0 Å². The molecule has 0 aliphatic carbocycles. The molecule has 0 fully saturated rings. The summed E-state index contributed by atoms with van der Waals surface area (Å²) in [6.07, 6.45) is 2.31. The van der Waals surface area contributed by atoms with E-state index in [9.17, 15) is 0 Å². The van der Waals surface area contributed by atoms with Gasteiger partial charge in [-0.25, -0.2) is 0 Å². The molecule has 1 atom stereocenters. The van der Waals surface area contributed by atoms with Gasteiger partial charge in [-0.3, -0.25) is 0 Å². The Balaban J connectivity index is 1.91. The van der Waals surface area contributed by atoms with E-state index in [1.807, 2.05) is 6.07 Å². The lowest BCUT2D eigenvalue weighted by atomic mass is 9.93. The van der Waals surface area contributed by atoms with Gasteiger partial charge in [0.1, 0.15) is 5.75 Å². The molecule has 2 nitrogen and oxygen atoms in total. The molecular formula is C13H18BrNO. The van der Waals surface area contributed by atoms with E-state index >= 15 is 0 Å². The summed E-state index contributed by atoms with van der Waals surface area (Å²) in [5.41, 5.74) is 1.36. The molecule has 3 heteroatoms. The number of nitrogens with one attached hydrogen (secondary N) is 1. The number of alkyl halides is 1. The maximum atomic E-state index is 5.65. The molecule has 1 aliphatic heterocycles. The van der Waals surface area contributed by atoms with Crippen molar-refractivity contribution in [1.29, 1.82) is 0 Å². The van der Waals surface area contributed by atoms with Crippen molar-refractivity contribution in [1.82, 2.24) is 5.32 Å². The van der Waals surface area contributed by atoms with Gasteiger partial charge >= 0.3 is 0 Å². The Morgan fingerprint density at radius 3 is 3.12 bits per heavy atom. The van der Waals surface area contributed by atoms with Crippen LogP contribution in [0.4, 0.5) is 0 Å². The van der Waals surface area contributed by atoms with E-state index in [0.717, 1.165) is 37.2 Å². The zero-order chi connectivity index (χ0) is 11.2. The Hall–Kier alpha value is -0.540. The van der Waals surface area contributed by atoms with Gasteiger partial charge in [-0.1, -0.05) is 34.1 Å². The van der Waals surface area contributed by atoms with Gasteiger partial charge in [0.15, 0.2) is 0 Å². The van der Waals surface area contributed by atoms with Gasteiger partial charge in [-0.2, -0.15) is 0 Å². The topological polar surface area (TPSA) is 21.3 Å². The smallest absolute Gasteiger partial charge is 0.122 e. The van der Waals surface area contributed by atoms with Crippen molar-refractivity contribution in [2.45, 2.75) is 18.8 Å². The molecule has 0 amide bonds. The highest BCUT2D eigenvalue weighted by Crippen LogP contribution is 2.32. The van der Waals surface area contributed by atoms with Crippen LogP contribution >= 0.6 is 15.9 Å². The highest BCUT2D eigenvalue weighted by molar-refractivity contribution is 9.09. The minimum atomic E-state index is 0.611. The molecule has 0 spiro atoms. The minimum absolute atomic E-state index is 0.611. The fraction of sp³-hybridized carbons (Fsp3) is 0.538. The number of ether oxygens (including phenoxy) is 1. The normalized spacial score (nSPS) is 18.9. The molecule has 0 saturated heterocycles. The highest BCUT2D eigenvalue weighted by Gasteiger charge is 2.20. The number of para-hydroxylation sites is 1. The van der Waals surface area contributed by atoms with Crippen molar-refractivity contribution in [3.63, 3.8) is 0 Å². The lowest BCUT2D eigenvalue weighted by molar-refractivity contribution is 0.265. The van der Waals surface area contributed by atoms with Gasteiger partial charge in [-0.05, 0) is 31.0 Å². The summed E-state index contributed by atoms with van der Waals surface area (Å²) in [6, 6.07) is 8.39. The molecule has 1 heterocycles. The average molecular weight is 284 g/mol. The van der Waals surface area contributed by atoms with Crippen molar-refractivity contribution >= 4 is 15.9 Å². The van der Waals surface area contributed by atoms with E-state index in [-0.39, 0.29) is 0 Å². The van der Waals surface area contributed by atoms with Gasteiger partial charge in [0.2, 0.25) is 0 Å². The first-order valence-electron chi connectivity index (χ1n) is 5.90. The van der Waals surface area contributed by atoms with Gasteiger partial charge in [-0.15, -0.1) is 0 Å². The van der Waals surface area contributed by atoms with Crippen LogP contribution in [0.2, 0.25) is 0 Å². The first-order chi connectivity index (χ1) is 7.92. The highest BCUT2D eigenvalue weighted by atomic mass is 79.9. The minimum Gasteiger partial charge on any atom is -0.493 e. The molecule has 88 valence electrons. The largest absolute Gasteiger partial charge is 0.493 e. The SMILES string of the molecule is BrCCCNCC1CCOc2ccccc21. The summed E-state index contributed by atoms with van der Waals surface area (Å²) in [4.78, 5) is 0. The maximum Gasteiger partial charge on any atom is 0.122 e. The van der Waals surface area contributed by atoms with Crippen LogP contribution in [-0.4, -0.2) is 25.0 Å². The third-order valence-corrected chi connectivity index (χ3v) is 3.52. The molecule has 1 aliphatic rings. The van der Waals surface area contributed by atoms with E-state index in [0.29, 0.717) is 5.92 Å². The summed E-state index contributed by atoms with van der Waals surface area (Å²) < 4.78 is 5.65. The number of benzene rings is 1. The molecule has 0 aromatic heterocycles. The zero-order valence-electron chi connectivity index (χ0n) is 9.42. The number of hydrogen-bond donors (Lipinski definition) is 1. The Bertz CT molecular complexity index is 329. The van der Waals surface area contributed by atoms with Crippen molar-refractivity contribution in [2.75, 3.05) is 25.0 Å². The molecule has 2 rings (SSSR count). The van der Waals surface area contributed by atoms with Gasteiger partial charge in [0.25, 0.3) is 0 Å². The van der Waals surface area contributed by atoms with E-state index in [1.165, 1.54) is 12.0 Å². The van der Waals surface area contributed by atoms with E-state index in [2.05, 4.69) is 39.4 Å². The Morgan fingerprint density at radius 1 is 1.38 bits per heavy atom. The molecule has 0 saturated carbocycles. The second kappa shape index (κ2) is 6.26. The summed E-state index contributed by atoms with van der Waals surface area (Å²) >= 11 is 3.44. The van der Waals surface area contributed by atoms with Crippen LogP contribution in [-0.2, 0) is 0 Å². The van der Waals surface area contributed by atoms with E-state index < -0.39 is 0 Å². The third-order valence-electron chi connectivity index (χ3n) is 2.96. The number of hydrogen-bond acceptors (Lipinski definition) is 2. The monoisotopic (exact) mass is 283 g/mol. The predicted octanol–water partition coefficient (Wildman–Crippen LogP) is 2.93. The van der Waals surface area contributed by atoms with E-state index in [1.54, 1.807) is 0 Å². The lowest BCUT2D eigenvalue weighted by Gasteiger charge is -2.26. The fourth-order valence-electron chi connectivity index (χ4n) is 2.10. The van der Waals surface area contributed by atoms with Crippen molar-refractivity contribution in [3.05, 3.63) is 29.8 Å². The van der Waals surface area contributed by atoms with Crippen LogP contribution < -0.4 is 10.1 Å². The van der Waals surface area contributed by atoms with Crippen molar-refractivity contribution < 1.29 is 4.74 Å². The third kappa shape index (κ3) is 2.98. The molecule has 1 N–H and O–H groups in total. The van der Waals surface area contributed by atoms with Gasteiger partial charge in [0.05, 0.1) is 6.61 Å². The Labute approximate surface area is 106 Å². The average Bonchev–Trinajstić information content (AvgIpc) is 2.35. The first kappa shape index (κ1) is 11.9. The van der Waals surface area contributed by atoms with Crippen molar-refractivity contribution in [3.8, 4) is 5.75 Å². The molecule has 1 aromatic rings. The van der Waals surface area contributed by atoms with Gasteiger partial charge < -0.3 is 10.1 Å². The predicted molar refractivity (Wildman–Crippen MR) is 70.6 cm³/mol. The summed E-state index contributed by atoms with van der Waals surface area (Å²) in [7, 11) is 0. The second-order valence-electron chi connectivity index (χ2n) is 4.12. The fourth-order valence-corrected chi connectivity index (χ4v) is 2.38. The van der Waals surface area contributed by atoms with Crippen LogP contribution in [0.1, 0.15) is 24.3 Å². The zero-order valence-corrected chi connectivity index (χ0v) is 11.0. The van der Waals surface area contributed by atoms with Crippen molar-refractivity contribution in [2.24, 2.45) is 0 Å². The Morgan fingerprint density at radius 2 is 2.25 bits per heavy atom. The van der Waals surface area contributed by atoms with Crippen LogP contribution in [0, 0.1) is 0 Å². The first-order valence-corrected chi connectivity index (χ1v) is 7.02. The number of rotatable bonds is 5. The van der Waals surface area contributed by atoms with Crippen LogP contribution in [0.25, 0.3) is 0 Å². The lowest BCUT2D eigenvalue weighted by Crippen LogP contribution is -2.26. The molecule has 16 heavy (non-hydrogen) atoms. The quantitative estimate of drug-likeness (QED) is 0.663. The Kier molecular flexibility index (Phi) is 4.67.